The van der Waals surface area contributed by atoms with E-state index in [1.807, 2.05) is 0 Å². The number of Topliss-reactive ketones (excluding diaryl/α,β-unsaturated/α-hetero) is 1. The van der Waals surface area contributed by atoms with E-state index in [0.29, 0.717) is 5.56 Å². The van der Waals surface area contributed by atoms with E-state index in [0.717, 1.165) is 16.7 Å². The van der Waals surface area contributed by atoms with Gasteiger partial charge in [0.25, 0.3) is 5.56 Å². The van der Waals surface area contributed by atoms with Crippen LogP contribution in [-0.4, -0.2) is 22.9 Å². The van der Waals surface area contributed by atoms with E-state index < -0.39 is 22.9 Å². The average Bonchev–Trinajstić information content (AvgIpc) is 2.66. The molecule has 0 saturated carbocycles. The molecule has 0 saturated heterocycles. The lowest BCUT2D eigenvalue weighted by atomic mass is 10.1. The maximum atomic E-state index is 13.7. The van der Waals surface area contributed by atoms with Gasteiger partial charge in [-0.2, -0.15) is 0 Å². The number of hydrogen-bond acceptors (Lipinski definition) is 4. The van der Waals surface area contributed by atoms with Crippen LogP contribution in [0.3, 0.4) is 0 Å². The van der Waals surface area contributed by atoms with Gasteiger partial charge in [0, 0.05) is 10.9 Å². The first-order valence-electron chi connectivity index (χ1n) is 8.21. The number of carbonyl (C=O) groups is 2. The number of fused-ring (bicyclic) bond motifs is 1. The molecule has 0 aliphatic carbocycles. The first-order valence-corrected chi connectivity index (χ1v) is 8.58. The third-order valence-corrected chi connectivity index (χ3v) is 4.43. The van der Waals surface area contributed by atoms with Gasteiger partial charge in [0.1, 0.15) is 11.4 Å². The highest BCUT2D eigenvalue weighted by molar-refractivity contribution is 6.38. The van der Waals surface area contributed by atoms with Crippen LogP contribution in [0.2, 0.25) is 5.02 Å². The Morgan fingerprint density at radius 1 is 1.15 bits per heavy atom. The zero-order chi connectivity index (χ0) is 19.6. The van der Waals surface area contributed by atoms with Gasteiger partial charge in [-0.3, -0.25) is 14.2 Å². The molecule has 1 heterocycles. The number of carbonyl (C=O) groups excluding carboxylic acids is 2. The van der Waals surface area contributed by atoms with Crippen molar-refractivity contribution in [3.05, 3.63) is 80.9 Å². The van der Waals surface area contributed by atoms with E-state index in [-0.39, 0.29) is 34.9 Å². The Balaban J connectivity index is 2.23. The summed E-state index contributed by atoms with van der Waals surface area (Å²) in [6.45, 7) is 1.30. The molecule has 138 valence electrons. The van der Waals surface area contributed by atoms with Gasteiger partial charge in [-0.25, -0.2) is 9.18 Å². The molecule has 3 aromatic rings. The second-order valence-electron chi connectivity index (χ2n) is 5.75. The summed E-state index contributed by atoms with van der Waals surface area (Å²) < 4.78 is 19.7. The molecule has 0 unspecified atom stereocenters. The molecule has 0 atom stereocenters. The molecule has 0 aliphatic heterocycles. The SMILES string of the molecule is CCOC(=O)c1c(Cl)c2cc(F)ccc2n(CC(=O)c2ccccc2)c1=O. The lowest BCUT2D eigenvalue weighted by Crippen LogP contribution is -2.30. The summed E-state index contributed by atoms with van der Waals surface area (Å²) in [6, 6.07) is 12.0. The molecule has 7 heteroatoms. The Kier molecular flexibility index (Phi) is 5.37. The molecule has 0 aliphatic rings. The molecule has 2 aromatic carbocycles. The number of esters is 1. The van der Waals surface area contributed by atoms with Crippen molar-refractivity contribution in [3.63, 3.8) is 0 Å². The average molecular weight is 388 g/mol. The van der Waals surface area contributed by atoms with Crippen molar-refractivity contribution in [1.82, 2.24) is 4.57 Å². The largest absolute Gasteiger partial charge is 0.462 e. The van der Waals surface area contributed by atoms with Crippen molar-refractivity contribution in [2.24, 2.45) is 0 Å². The minimum atomic E-state index is -0.917. The van der Waals surface area contributed by atoms with Gasteiger partial charge >= 0.3 is 5.97 Å². The number of ether oxygens (including phenoxy) is 1. The summed E-state index contributed by atoms with van der Waals surface area (Å²) in [5, 5.41) is -0.0449. The minimum absolute atomic E-state index is 0.0404. The lowest BCUT2D eigenvalue weighted by molar-refractivity contribution is 0.0523. The fourth-order valence-corrected chi connectivity index (χ4v) is 3.10. The van der Waals surface area contributed by atoms with Gasteiger partial charge < -0.3 is 4.74 Å². The summed E-state index contributed by atoms with van der Waals surface area (Å²) in [6.07, 6.45) is 0. The van der Waals surface area contributed by atoms with Gasteiger partial charge in [0.2, 0.25) is 0 Å². The Morgan fingerprint density at radius 3 is 2.52 bits per heavy atom. The van der Waals surface area contributed by atoms with E-state index in [1.165, 1.54) is 6.07 Å². The van der Waals surface area contributed by atoms with Crippen LogP contribution in [0, 0.1) is 5.82 Å². The number of hydrogen-bond donors (Lipinski definition) is 0. The van der Waals surface area contributed by atoms with Crippen LogP contribution in [0.5, 0.6) is 0 Å². The number of benzene rings is 2. The van der Waals surface area contributed by atoms with E-state index in [2.05, 4.69) is 0 Å². The summed E-state index contributed by atoms with van der Waals surface area (Å²) in [5.41, 5.74) is -0.518. The number of halogens is 2. The third-order valence-electron chi connectivity index (χ3n) is 4.04. The molecule has 0 amide bonds. The van der Waals surface area contributed by atoms with Crippen LogP contribution < -0.4 is 5.56 Å². The quantitative estimate of drug-likeness (QED) is 0.492. The summed E-state index contributed by atoms with van der Waals surface area (Å²) in [7, 11) is 0. The number of nitrogens with zero attached hydrogens (tertiary/aromatic N) is 1. The van der Waals surface area contributed by atoms with Crippen LogP contribution in [0.1, 0.15) is 27.6 Å². The molecule has 0 radical (unpaired) electrons. The Labute approximate surface area is 158 Å². The van der Waals surface area contributed by atoms with E-state index in [4.69, 9.17) is 16.3 Å². The Morgan fingerprint density at radius 2 is 1.85 bits per heavy atom. The molecule has 0 fully saturated rings. The first kappa shape index (κ1) is 18.8. The van der Waals surface area contributed by atoms with Crippen molar-refractivity contribution in [2.45, 2.75) is 13.5 Å². The van der Waals surface area contributed by atoms with E-state index in [9.17, 15) is 18.8 Å². The van der Waals surface area contributed by atoms with Gasteiger partial charge in [0.05, 0.1) is 23.7 Å². The second-order valence-corrected chi connectivity index (χ2v) is 6.13. The highest BCUT2D eigenvalue weighted by Crippen LogP contribution is 2.26. The molecule has 3 rings (SSSR count). The molecule has 0 bridgehead atoms. The van der Waals surface area contributed by atoms with E-state index >= 15 is 0 Å². The molecule has 1 aromatic heterocycles. The van der Waals surface area contributed by atoms with Gasteiger partial charge in [-0.05, 0) is 25.1 Å². The molecule has 27 heavy (non-hydrogen) atoms. The van der Waals surface area contributed by atoms with Crippen LogP contribution in [0.15, 0.2) is 53.3 Å². The normalized spacial score (nSPS) is 10.8. The van der Waals surface area contributed by atoms with Gasteiger partial charge in [-0.1, -0.05) is 41.9 Å². The lowest BCUT2D eigenvalue weighted by Gasteiger charge is -2.14. The van der Waals surface area contributed by atoms with Crippen molar-refractivity contribution in [2.75, 3.05) is 6.61 Å². The van der Waals surface area contributed by atoms with Crippen LogP contribution in [0.4, 0.5) is 4.39 Å². The highest BCUT2D eigenvalue weighted by Gasteiger charge is 2.24. The van der Waals surface area contributed by atoms with Gasteiger partial charge in [0.15, 0.2) is 5.78 Å². The maximum absolute atomic E-state index is 13.7. The predicted octanol–water partition coefficient (Wildman–Crippen LogP) is 3.85. The zero-order valence-corrected chi connectivity index (χ0v) is 15.1. The zero-order valence-electron chi connectivity index (χ0n) is 14.4. The monoisotopic (exact) mass is 387 g/mol. The highest BCUT2D eigenvalue weighted by atomic mass is 35.5. The van der Waals surface area contributed by atoms with Crippen LogP contribution in [0.25, 0.3) is 10.9 Å². The Hall–Kier alpha value is -2.99. The molecular formula is C20H15ClFNO4. The number of aromatic nitrogens is 1. The standard InChI is InChI=1S/C20H15ClFNO4/c1-2-27-20(26)17-18(21)14-10-13(22)8-9-15(14)23(19(17)25)11-16(24)12-6-4-3-5-7-12/h3-10H,2,11H2,1H3. The van der Waals surface area contributed by atoms with Crippen LogP contribution >= 0.6 is 11.6 Å². The molecule has 5 nitrogen and oxygen atoms in total. The first-order chi connectivity index (χ1) is 12.9. The summed E-state index contributed by atoms with van der Waals surface area (Å²) >= 11 is 6.21. The van der Waals surface area contributed by atoms with Gasteiger partial charge in [-0.15, -0.1) is 0 Å². The Bertz CT molecular complexity index is 1090. The summed E-state index contributed by atoms with van der Waals surface area (Å²) in [4.78, 5) is 37.7. The summed E-state index contributed by atoms with van der Waals surface area (Å²) in [5.74, 6) is -1.83. The predicted molar refractivity (Wildman–Crippen MR) is 99.9 cm³/mol. The number of ketones is 1. The number of pyridine rings is 1. The van der Waals surface area contributed by atoms with E-state index in [1.54, 1.807) is 37.3 Å². The van der Waals surface area contributed by atoms with Crippen molar-refractivity contribution < 1.29 is 18.7 Å². The van der Waals surface area contributed by atoms with Crippen molar-refractivity contribution in [3.8, 4) is 0 Å². The van der Waals surface area contributed by atoms with Crippen LogP contribution in [-0.2, 0) is 11.3 Å². The number of rotatable bonds is 5. The minimum Gasteiger partial charge on any atom is -0.462 e. The maximum Gasteiger partial charge on any atom is 0.345 e. The molecular weight excluding hydrogens is 373 g/mol. The molecule has 0 N–H and O–H groups in total. The fraction of sp³-hybridized carbons (Fsp3) is 0.150. The van der Waals surface area contributed by atoms with Crippen molar-refractivity contribution >= 4 is 34.3 Å². The fourth-order valence-electron chi connectivity index (χ4n) is 2.79. The smallest absolute Gasteiger partial charge is 0.345 e. The second kappa shape index (κ2) is 7.72. The third kappa shape index (κ3) is 3.61. The van der Waals surface area contributed by atoms with Crippen molar-refractivity contribution in [1.29, 1.82) is 0 Å². The topological polar surface area (TPSA) is 65.4 Å². The molecule has 0 spiro atoms.